The number of carbonyl (C=O) groups excluding carboxylic acids is 1. The Morgan fingerprint density at radius 3 is 2.43 bits per heavy atom. The van der Waals surface area contributed by atoms with E-state index in [0.29, 0.717) is 12.1 Å². The third-order valence-electron chi connectivity index (χ3n) is 8.79. The summed E-state index contributed by atoms with van der Waals surface area (Å²) < 4.78 is 5.36. The zero-order valence-electron chi connectivity index (χ0n) is 24.4. The quantitative estimate of drug-likeness (QED) is 0.227. The Morgan fingerprint density at radius 1 is 1.05 bits per heavy atom. The number of ether oxygens (including phenoxy) is 1. The lowest BCUT2D eigenvalue weighted by atomic mass is 9.97. The number of H-pyrrole nitrogens is 1. The van der Waals surface area contributed by atoms with Gasteiger partial charge in [-0.3, -0.25) is 14.7 Å². The number of aliphatic hydroxyl groups excluding tert-OH is 3. The summed E-state index contributed by atoms with van der Waals surface area (Å²) in [5.41, 5.74) is 2.79. The zero-order chi connectivity index (χ0) is 31.0. The first-order valence-electron chi connectivity index (χ1n) is 15.1. The summed E-state index contributed by atoms with van der Waals surface area (Å²) in [6.07, 6.45) is -1.89. The molecule has 1 spiro atoms. The van der Waals surface area contributed by atoms with Gasteiger partial charge < -0.3 is 25.2 Å². The molecule has 1 amide bonds. The van der Waals surface area contributed by atoms with Crippen molar-refractivity contribution in [3.63, 3.8) is 0 Å². The number of amidine groups is 1. The molecule has 1 saturated carbocycles. The lowest BCUT2D eigenvalue weighted by Gasteiger charge is -2.35. The molecule has 1 aliphatic carbocycles. The molecule has 1 saturated heterocycles. The van der Waals surface area contributed by atoms with E-state index in [2.05, 4.69) is 22.3 Å². The number of aromatic nitrogens is 4. The molecule has 0 radical (unpaired) electrons. The van der Waals surface area contributed by atoms with Gasteiger partial charge in [-0.1, -0.05) is 68.7 Å². The number of tetrazole rings is 1. The van der Waals surface area contributed by atoms with E-state index in [0.717, 1.165) is 72.3 Å². The smallest absolute Gasteiger partial charge is 0.339 e. The third-order valence-corrected chi connectivity index (χ3v) is 8.79. The minimum atomic E-state index is -1.81. The topological polar surface area (TPSA) is 185 Å². The molecule has 6 rings (SSSR count). The maximum atomic E-state index is 13.5. The Balaban J connectivity index is 1.22. The van der Waals surface area contributed by atoms with Gasteiger partial charge in [-0.25, -0.2) is 4.79 Å². The predicted octanol–water partition coefficient (Wildman–Crippen LogP) is 1.73. The van der Waals surface area contributed by atoms with Gasteiger partial charge in [-0.15, -0.1) is 0 Å². The van der Waals surface area contributed by atoms with E-state index in [4.69, 9.17) is 9.73 Å². The molecular weight excluding hydrogens is 568 g/mol. The molecule has 0 bridgehead atoms. The van der Waals surface area contributed by atoms with E-state index in [-0.39, 0.29) is 11.7 Å². The molecule has 3 heterocycles. The monoisotopic (exact) mass is 605 g/mol. The van der Waals surface area contributed by atoms with Crippen LogP contribution in [0.2, 0.25) is 0 Å². The number of hydrogen-bond donors (Lipinski definition) is 5. The van der Waals surface area contributed by atoms with E-state index in [1.807, 2.05) is 53.4 Å². The second-order valence-corrected chi connectivity index (χ2v) is 11.7. The van der Waals surface area contributed by atoms with E-state index < -0.39 is 42.2 Å². The van der Waals surface area contributed by atoms with Crippen molar-refractivity contribution in [3.8, 4) is 22.5 Å². The highest BCUT2D eigenvalue weighted by Crippen LogP contribution is 2.40. The molecule has 13 heteroatoms. The number of carboxylic acids is 1. The van der Waals surface area contributed by atoms with E-state index in [1.54, 1.807) is 0 Å². The zero-order valence-corrected chi connectivity index (χ0v) is 24.4. The van der Waals surface area contributed by atoms with Crippen molar-refractivity contribution in [3.05, 3.63) is 54.1 Å². The van der Waals surface area contributed by atoms with Crippen LogP contribution in [0, 0.1) is 0 Å². The summed E-state index contributed by atoms with van der Waals surface area (Å²) in [5, 5.41) is 51.3. The van der Waals surface area contributed by atoms with Crippen LogP contribution in [-0.4, -0.2) is 88.4 Å². The van der Waals surface area contributed by atoms with Crippen molar-refractivity contribution < 1.29 is 39.5 Å². The average molecular weight is 606 g/mol. The second kappa shape index (κ2) is 12.2. The number of aliphatic hydroxyl groups is 3. The fourth-order valence-corrected chi connectivity index (χ4v) is 6.34. The Kier molecular flexibility index (Phi) is 8.29. The Labute approximate surface area is 253 Å². The van der Waals surface area contributed by atoms with Crippen LogP contribution in [-0.2, 0) is 20.9 Å². The maximum absolute atomic E-state index is 13.5. The van der Waals surface area contributed by atoms with Crippen molar-refractivity contribution in [2.75, 3.05) is 0 Å². The van der Waals surface area contributed by atoms with Crippen molar-refractivity contribution in [2.24, 2.45) is 4.99 Å². The molecule has 0 unspecified atom stereocenters. The van der Waals surface area contributed by atoms with Crippen molar-refractivity contribution >= 4 is 17.7 Å². The van der Waals surface area contributed by atoms with Crippen molar-refractivity contribution in [1.82, 2.24) is 20.3 Å². The lowest BCUT2D eigenvalue weighted by Crippen LogP contribution is -2.65. The molecule has 3 aliphatic rings. The lowest BCUT2D eigenvalue weighted by molar-refractivity contribution is -0.867. The maximum Gasteiger partial charge on any atom is 0.339 e. The first-order valence-corrected chi connectivity index (χ1v) is 15.1. The van der Waals surface area contributed by atoms with Gasteiger partial charge in [0.25, 0.3) is 12.1 Å². The summed E-state index contributed by atoms with van der Waals surface area (Å²) in [4.78, 5) is 32.9. The Morgan fingerprint density at radius 2 is 1.75 bits per heavy atom. The first kappa shape index (κ1) is 30.0. The number of hydrogen-bond acceptors (Lipinski definition) is 9. The van der Waals surface area contributed by atoms with Crippen LogP contribution < -0.4 is 4.80 Å². The largest absolute Gasteiger partial charge is 0.479 e. The molecule has 44 heavy (non-hydrogen) atoms. The van der Waals surface area contributed by atoms with Crippen LogP contribution >= 0.6 is 0 Å². The number of benzene rings is 2. The molecule has 2 aromatic carbocycles. The van der Waals surface area contributed by atoms with Gasteiger partial charge in [-0.05, 0) is 57.1 Å². The van der Waals surface area contributed by atoms with Gasteiger partial charge in [-0.2, -0.15) is 0 Å². The molecule has 2 fully saturated rings. The van der Waals surface area contributed by atoms with Gasteiger partial charge in [0.15, 0.2) is 12.2 Å². The molecule has 1 aromatic heterocycles. The molecule has 232 valence electrons. The van der Waals surface area contributed by atoms with Gasteiger partial charge in [0.05, 0.1) is 17.2 Å². The van der Waals surface area contributed by atoms with Crippen LogP contribution in [0.5, 0.6) is 0 Å². The van der Waals surface area contributed by atoms with Gasteiger partial charge >= 0.3 is 11.8 Å². The number of aromatic amines is 1. The average Bonchev–Trinajstić information content (AvgIpc) is 3.77. The first-order chi connectivity index (χ1) is 21.2. The van der Waals surface area contributed by atoms with Crippen molar-refractivity contribution in [2.45, 2.75) is 94.6 Å². The molecule has 5 N–H and O–H groups in total. The molecule has 3 aromatic rings. The highest BCUT2D eigenvalue weighted by Gasteiger charge is 2.51. The highest BCUT2D eigenvalue weighted by molar-refractivity contribution is 6.08. The number of carbonyl (C=O) groups is 2. The van der Waals surface area contributed by atoms with E-state index >= 15 is 0 Å². The third kappa shape index (κ3) is 5.40. The van der Waals surface area contributed by atoms with Crippen LogP contribution in [0.3, 0.4) is 0 Å². The van der Waals surface area contributed by atoms with E-state index in [1.165, 1.54) is 0 Å². The van der Waals surface area contributed by atoms with Gasteiger partial charge in [0.2, 0.25) is 0 Å². The standard InChI is InChI=1S/C31H36N6O7/c1-2-3-10-22-32-31(15-6-7-16-31)30(43)36(22)17-18-11-13-19(14-12-18)20-8-4-5-9-21(20)27-33-35-37(34-27)28-25(40)23(38)24(39)26(44-28)29(41)42/h4-5,8-9,11-14,23-26,28,38-40H,2-3,6-7,10,15-17H2,1H3,(H,41,42)/p+1/t23-,24-,25+,26-,28+/m0/s1. The molecule has 5 atom stereocenters. The Hall–Kier alpha value is -4.04. The predicted molar refractivity (Wildman–Crippen MR) is 156 cm³/mol. The number of carboxylic acid groups (broad SMARTS) is 1. The summed E-state index contributed by atoms with van der Waals surface area (Å²) in [7, 11) is 0. The number of amides is 1. The van der Waals surface area contributed by atoms with Crippen LogP contribution in [0.1, 0.15) is 63.7 Å². The number of nitrogens with one attached hydrogen (secondary N) is 1. The Bertz CT molecular complexity index is 1550. The number of rotatable bonds is 9. The number of aliphatic imine (C=N–C) groups is 1. The molecular formula is C31H37N6O7+. The minimum Gasteiger partial charge on any atom is -0.479 e. The molecule has 2 aliphatic heterocycles. The fraction of sp³-hybridized carbons (Fsp3) is 0.484. The summed E-state index contributed by atoms with van der Waals surface area (Å²) in [6.45, 7) is 2.60. The van der Waals surface area contributed by atoms with Crippen LogP contribution in [0.15, 0.2) is 53.5 Å². The number of aliphatic carboxylic acids is 1. The van der Waals surface area contributed by atoms with Crippen LogP contribution in [0.4, 0.5) is 0 Å². The SMILES string of the molecule is CCCCC1=NC2(CCCC2)C(=O)N1Cc1ccc(-c2ccccc2-c2n[nH][n+]([C@@H]3O[C@H](C(=O)O)[C@@H](O)[C@H](O)[C@H]3O)n2)cc1. The second-order valence-electron chi connectivity index (χ2n) is 11.7. The van der Waals surface area contributed by atoms with E-state index in [9.17, 15) is 30.0 Å². The minimum absolute atomic E-state index is 0.122. The fourth-order valence-electron chi connectivity index (χ4n) is 6.34. The number of unbranched alkanes of at least 4 members (excludes halogenated alkanes) is 1. The summed E-state index contributed by atoms with van der Waals surface area (Å²) in [5.74, 6) is -0.222. The highest BCUT2D eigenvalue weighted by atomic mass is 16.6. The molecule has 13 nitrogen and oxygen atoms in total. The van der Waals surface area contributed by atoms with Crippen molar-refractivity contribution in [1.29, 1.82) is 0 Å². The van der Waals surface area contributed by atoms with Gasteiger partial charge in [0, 0.05) is 6.42 Å². The summed E-state index contributed by atoms with van der Waals surface area (Å²) in [6, 6.07) is 15.4. The summed E-state index contributed by atoms with van der Waals surface area (Å²) >= 11 is 0. The van der Waals surface area contributed by atoms with Gasteiger partial charge in [0.1, 0.15) is 23.6 Å². The number of nitrogens with zero attached hydrogens (tertiary/aromatic N) is 5. The van der Waals surface area contributed by atoms with Crippen LogP contribution in [0.25, 0.3) is 22.5 Å². The normalized spacial score (nSPS) is 26.4.